The lowest BCUT2D eigenvalue weighted by atomic mass is 9.38. The van der Waals surface area contributed by atoms with Crippen molar-refractivity contribution in [1.82, 2.24) is 0 Å². The van der Waals surface area contributed by atoms with Gasteiger partial charge in [0.25, 0.3) is 0 Å². The van der Waals surface area contributed by atoms with Crippen LogP contribution in [0.3, 0.4) is 0 Å². The molecule has 0 saturated heterocycles. The fourth-order valence-electron chi connectivity index (χ4n) is 17.6. The molecule has 15 nitrogen and oxygen atoms in total. The van der Waals surface area contributed by atoms with Gasteiger partial charge < -0.3 is 39.4 Å². The van der Waals surface area contributed by atoms with Gasteiger partial charge in [-0.05, 0) is 86.9 Å². The number of carbonyl (C=O) groups excluding carboxylic acids is 7. The number of aliphatic hydroxyl groups is 4. The Morgan fingerprint density at radius 1 is 0.651 bits per heavy atom. The number of carbonyl (C=O) groups is 7. The van der Waals surface area contributed by atoms with Crippen molar-refractivity contribution in [1.29, 1.82) is 0 Å². The van der Waals surface area contributed by atoms with E-state index in [-0.39, 0.29) is 44.3 Å². The van der Waals surface area contributed by atoms with E-state index in [2.05, 4.69) is 0 Å². The van der Waals surface area contributed by atoms with Crippen LogP contribution in [0.1, 0.15) is 133 Å². The van der Waals surface area contributed by atoms with Crippen molar-refractivity contribution < 1.29 is 72.9 Å². The van der Waals surface area contributed by atoms with Crippen LogP contribution in [0.5, 0.6) is 0 Å². The lowest BCUT2D eigenvalue weighted by molar-refractivity contribution is -0.282. The normalized spacial score (nSPS) is 50.0. The first-order valence-corrected chi connectivity index (χ1v) is 23.2. The molecule has 0 heterocycles. The minimum Gasteiger partial charge on any atom is -0.462 e. The van der Waals surface area contributed by atoms with Gasteiger partial charge in [-0.1, -0.05) is 41.5 Å². The largest absolute Gasteiger partial charge is 0.462 e. The van der Waals surface area contributed by atoms with Gasteiger partial charge >= 0.3 is 23.9 Å². The molecule has 350 valence electrons. The number of ketones is 3. The van der Waals surface area contributed by atoms with Gasteiger partial charge in [-0.3, -0.25) is 33.6 Å². The third-order valence-electron chi connectivity index (χ3n) is 19.1. The lowest BCUT2D eigenvalue weighted by Gasteiger charge is -2.67. The van der Waals surface area contributed by atoms with E-state index in [1.54, 1.807) is 0 Å². The van der Waals surface area contributed by atoms with Crippen LogP contribution >= 0.6 is 0 Å². The second-order valence-electron chi connectivity index (χ2n) is 23.0. The molecule has 0 unspecified atom stereocenters. The zero-order valence-corrected chi connectivity index (χ0v) is 38.4. The maximum atomic E-state index is 15.5. The first-order valence-electron chi connectivity index (χ1n) is 23.2. The van der Waals surface area contributed by atoms with E-state index in [0.717, 1.165) is 6.92 Å². The Kier molecular flexibility index (Phi) is 10.7. The monoisotopic (exact) mass is 884 g/mol. The number of hydrogen-bond donors (Lipinski definition) is 4. The zero-order chi connectivity index (χ0) is 46.5. The topological polar surface area (TPSA) is 237 Å². The van der Waals surface area contributed by atoms with Crippen LogP contribution in [-0.2, 0) is 52.5 Å². The highest BCUT2D eigenvalue weighted by Crippen LogP contribution is 2.74. The van der Waals surface area contributed by atoms with Crippen LogP contribution in [-0.4, -0.2) is 110 Å². The summed E-state index contributed by atoms with van der Waals surface area (Å²) in [5.74, 6) is -9.21. The predicted octanol–water partition coefficient (Wildman–Crippen LogP) is 3.60. The molecule has 15 heteroatoms. The number of fused-ring (bicyclic) bond motifs is 6. The number of esters is 4. The molecule has 8 aliphatic rings. The Morgan fingerprint density at radius 2 is 1.17 bits per heavy atom. The molecule has 2 spiro atoms. The molecule has 8 rings (SSSR count). The Labute approximate surface area is 369 Å². The van der Waals surface area contributed by atoms with E-state index in [1.165, 1.54) is 20.8 Å². The fraction of sp³-hybridized carbons (Fsp3) is 0.854. The Hall–Kier alpha value is -3.27. The summed E-state index contributed by atoms with van der Waals surface area (Å²) < 4.78 is 23.4. The number of rotatable bonds is 7. The number of hydrogen-bond acceptors (Lipinski definition) is 15. The van der Waals surface area contributed by atoms with Crippen LogP contribution in [0, 0.1) is 73.9 Å². The van der Waals surface area contributed by atoms with Gasteiger partial charge in [-0.2, -0.15) is 0 Å². The van der Waals surface area contributed by atoms with E-state index in [4.69, 9.17) is 18.9 Å². The number of Topliss-reactive ketones (excluding diaryl/α,β-unsaturated/α-hetero) is 3. The molecule has 8 fully saturated rings. The standard InChI is InChI=1S/C48H68O15/c1-21(49)60-30-12-14-44(9)35-29(54)18-26-20-47(35,40(63-24(4)52)32(55)36(44)42(30,5)6)41(58)48(26,59)16-11-27-25-17-28(53)34-45(10)15-13-31(61-22(2)50)43(7,8)37(45)33(62-23(3)51)39(57)46(34,19-25)38(27)56/h25-31,33-37,39-40,53-54,57,59H,11-20H2,1-10H3/t25-,26-,27-,28+,29+,30+,31+,33-,34+,35+,36-,37-,39+,40+,44+,45+,46+,47-,48+/m1/s1. The molecule has 4 N–H and O–H groups in total. The number of aliphatic hydroxyl groups excluding tert-OH is 3. The Morgan fingerprint density at radius 3 is 1.75 bits per heavy atom. The maximum Gasteiger partial charge on any atom is 0.303 e. The highest BCUT2D eigenvalue weighted by atomic mass is 16.6. The Bertz CT molecular complexity index is 2010. The second-order valence-corrected chi connectivity index (χ2v) is 23.0. The second kappa shape index (κ2) is 14.6. The van der Waals surface area contributed by atoms with Crippen molar-refractivity contribution in [3.63, 3.8) is 0 Å². The SMILES string of the molecule is CC(=O)O[C@@H]1[C@@H]2C(C)(C)[C@@H](OC(C)=O)CC[C@@]2(C)[C@@H]2[C@@H](O)C[C@@H]3C[C@]2(C(=O)[C@@H]3CC[C@@]2(O)C(=O)[C@]34C[C@H]2C[C@H](O)[C@H]3[C@]2(C)CC[C@H](OC(C)=O)C(C)(C)[C@H]2C(=O)[C@@H]4OC(C)=O)[C@H]1O. The fourth-order valence-corrected chi connectivity index (χ4v) is 17.6. The third-order valence-corrected chi connectivity index (χ3v) is 19.1. The molecule has 4 bridgehead atoms. The van der Waals surface area contributed by atoms with E-state index in [9.17, 15) is 39.6 Å². The van der Waals surface area contributed by atoms with Gasteiger partial charge in [0.1, 0.15) is 35.8 Å². The molecule has 19 atom stereocenters. The Balaban J connectivity index is 1.14. The summed E-state index contributed by atoms with van der Waals surface area (Å²) >= 11 is 0. The molecule has 0 aromatic heterocycles. The van der Waals surface area contributed by atoms with Gasteiger partial charge in [0.15, 0.2) is 17.7 Å². The smallest absolute Gasteiger partial charge is 0.303 e. The van der Waals surface area contributed by atoms with Crippen LogP contribution in [0.15, 0.2) is 0 Å². The average molecular weight is 885 g/mol. The van der Waals surface area contributed by atoms with Gasteiger partial charge in [0.05, 0.1) is 23.0 Å². The van der Waals surface area contributed by atoms with Crippen molar-refractivity contribution in [2.75, 3.05) is 0 Å². The molecule has 63 heavy (non-hydrogen) atoms. The summed E-state index contributed by atoms with van der Waals surface area (Å²) in [6.07, 6.45) is -6.05. The zero-order valence-electron chi connectivity index (χ0n) is 38.4. The van der Waals surface area contributed by atoms with Gasteiger partial charge in [-0.15, -0.1) is 0 Å². The summed E-state index contributed by atoms with van der Waals surface area (Å²) in [4.78, 5) is 95.9. The molecule has 0 radical (unpaired) electrons. The average Bonchev–Trinajstić information content (AvgIpc) is 3.46. The molecule has 8 aliphatic carbocycles. The van der Waals surface area contributed by atoms with E-state index >= 15 is 14.4 Å². The summed E-state index contributed by atoms with van der Waals surface area (Å²) in [7, 11) is 0. The minimum absolute atomic E-state index is 0.00540. The minimum atomic E-state index is -2.13. The van der Waals surface area contributed by atoms with Gasteiger partial charge in [0, 0.05) is 68.1 Å². The van der Waals surface area contributed by atoms with Crippen LogP contribution in [0.2, 0.25) is 0 Å². The molecular formula is C48H68O15. The summed E-state index contributed by atoms with van der Waals surface area (Å²) in [6.45, 7) is 16.3. The van der Waals surface area contributed by atoms with E-state index < -0.39 is 158 Å². The van der Waals surface area contributed by atoms with Gasteiger partial charge in [-0.25, -0.2) is 0 Å². The predicted molar refractivity (Wildman–Crippen MR) is 219 cm³/mol. The van der Waals surface area contributed by atoms with Crippen LogP contribution in [0.4, 0.5) is 0 Å². The van der Waals surface area contributed by atoms with Crippen molar-refractivity contribution in [3.05, 3.63) is 0 Å². The summed E-state index contributed by atoms with van der Waals surface area (Å²) in [5.41, 5.74) is -9.12. The molecule has 8 saturated carbocycles. The van der Waals surface area contributed by atoms with Crippen molar-refractivity contribution in [3.8, 4) is 0 Å². The summed E-state index contributed by atoms with van der Waals surface area (Å²) in [5, 5.41) is 49.9. The van der Waals surface area contributed by atoms with Crippen molar-refractivity contribution in [2.45, 2.75) is 182 Å². The molecule has 0 aromatic carbocycles. The van der Waals surface area contributed by atoms with E-state index in [0.29, 0.717) is 25.7 Å². The van der Waals surface area contributed by atoms with Crippen molar-refractivity contribution >= 4 is 41.2 Å². The number of ether oxygens (including phenoxy) is 4. The molecule has 0 aromatic rings. The molecular weight excluding hydrogens is 817 g/mol. The van der Waals surface area contributed by atoms with E-state index in [1.807, 2.05) is 41.5 Å². The maximum absolute atomic E-state index is 15.5. The molecule has 0 amide bonds. The lowest BCUT2D eigenvalue weighted by Crippen LogP contribution is -2.73. The quantitative estimate of drug-likeness (QED) is 0.211. The van der Waals surface area contributed by atoms with Gasteiger partial charge in [0.2, 0.25) is 0 Å². The summed E-state index contributed by atoms with van der Waals surface area (Å²) in [6, 6.07) is 0. The highest BCUT2D eigenvalue weighted by Gasteiger charge is 2.82. The van der Waals surface area contributed by atoms with Crippen molar-refractivity contribution in [2.24, 2.45) is 73.9 Å². The van der Waals surface area contributed by atoms with Crippen LogP contribution < -0.4 is 0 Å². The molecule has 0 aliphatic heterocycles. The first kappa shape index (κ1) is 46.3. The third kappa shape index (κ3) is 6.05. The van der Waals surface area contributed by atoms with Crippen LogP contribution in [0.25, 0.3) is 0 Å². The first-order chi connectivity index (χ1) is 29.1. The highest BCUT2D eigenvalue weighted by molar-refractivity contribution is 6.04.